The summed E-state index contributed by atoms with van der Waals surface area (Å²) < 4.78 is 22.0. The maximum atomic E-state index is 10.3. The van der Waals surface area contributed by atoms with E-state index in [1.807, 2.05) is 19.1 Å². The second-order valence-corrected chi connectivity index (χ2v) is 6.96. The van der Waals surface area contributed by atoms with Crippen molar-refractivity contribution in [2.24, 2.45) is 0 Å². The summed E-state index contributed by atoms with van der Waals surface area (Å²) in [6.07, 6.45) is 0.120. The molecule has 0 saturated carbocycles. The monoisotopic (exact) mass is 441 g/mol. The van der Waals surface area contributed by atoms with Gasteiger partial charge in [0.1, 0.15) is 0 Å². The largest absolute Gasteiger partial charge is 0.481 e. The molecule has 0 bridgehead atoms. The van der Waals surface area contributed by atoms with E-state index in [1.165, 1.54) is 0 Å². The first-order valence-corrected chi connectivity index (χ1v) is 10.9. The molecule has 1 rings (SSSR count). The molecule has 0 aliphatic carbocycles. The van der Waals surface area contributed by atoms with Crippen molar-refractivity contribution < 1.29 is 28.8 Å². The van der Waals surface area contributed by atoms with E-state index in [1.54, 1.807) is 0 Å². The van der Waals surface area contributed by atoms with Crippen molar-refractivity contribution in [3.63, 3.8) is 0 Å². The number of nitrogens with one attached hydrogen (secondary N) is 1. The number of carboxylic acids is 1. The smallest absolute Gasteiger partial charge is 0.304 e. The van der Waals surface area contributed by atoms with Crippen molar-refractivity contribution in [2.75, 3.05) is 89.7 Å². The first-order chi connectivity index (χ1) is 15.0. The second-order valence-electron chi connectivity index (χ2n) is 6.96. The van der Waals surface area contributed by atoms with Gasteiger partial charge in [0.2, 0.25) is 0 Å². The molecule has 0 heterocycles. The minimum atomic E-state index is -0.803. The van der Waals surface area contributed by atoms with Crippen LogP contribution in [0.5, 0.6) is 0 Å². The minimum absolute atomic E-state index is 0.120. The highest BCUT2D eigenvalue weighted by atomic mass is 16.6. The van der Waals surface area contributed by atoms with Crippen molar-refractivity contribution in [3.05, 3.63) is 23.8 Å². The number of carbonyl (C=O) groups is 1. The number of rotatable bonds is 20. The summed E-state index contributed by atoms with van der Waals surface area (Å²) in [4.78, 5) is 12.6. The summed E-state index contributed by atoms with van der Waals surface area (Å²) in [7, 11) is 0. The topological polar surface area (TPSA) is 116 Å². The number of benzene rings is 1. The van der Waals surface area contributed by atoms with E-state index in [2.05, 4.69) is 23.2 Å². The Morgan fingerprint density at radius 2 is 1.55 bits per heavy atom. The lowest BCUT2D eigenvalue weighted by Gasteiger charge is -2.23. The van der Waals surface area contributed by atoms with Crippen LogP contribution in [0.1, 0.15) is 18.9 Å². The van der Waals surface area contributed by atoms with Gasteiger partial charge in [-0.2, -0.15) is 0 Å². The van der Waals surface area contributed by atoms with E-state index in [0.717, 1.165) is 30.0 Å². The number of anilines is 2. The third-order valence-electron chi connectivity index (χ3n) is 4.56. The zero-order chi connectivity index (χ0) is 22.7. The molecule has 0 fully saturated rings. The van der Waals surface area contributed by atoms with Crippen molar-refractivity contribution >= 4 is 17.3 Å². The number of carboxylic acid groups (broad SMARTS) is 1. The number of nitrogen functional groups attached to an aromatic ring is 1. The van der Waals surface area contributed by atoms with Crippen molar-refractivity contribution in [1.82, 2.24) is 5.32 Å². The van der Waals surface area contributed by atoms with Crippen molar-refractivity contribution in [1.29, 1.82) is 0 Å². The maximum Gasteiger partial charge on any atom is 0.304 e. The molecule has 0 amide bonds. The molecule has 0 atom stereocenters. The first-order valence-electron chi connectivity index (χ1n) is 10.9. The molecular weight excluding hydrogens is 402 g/mol. The first kappa shape index (κ1) is 27.1. The summed E-state index contributed by atoms with van der Waals surface area (Å²) >= 11 is 0. The van der Waals surface area contributed by atoms with Gasteiger partial charge in [0.05, 0.1) is 59.3 Å². The van der Waals surface area contributed by atoms with Crippen LogP contribution in [-0.2, 0) is 23.7 Å². The summed E-state index contributed by atoms with van der Waals surface area (Å²) in [5.74, 6) is -0.803. The van der Waals surface area contributed by atoms with Crippen LogP contribution in [0, 0.1) is 6.92 Å². The van der Waals surface area contributed by atoms with E-state index >= 15 is 0 Å². The molecule has 0 unspecified atom stereocenters. The number of likely N-dealkylation sites (N-methyl/N-ethyl adjacent to an activating group) is 1. The molecule has 0 spiro atoms. The van der Waals surface area contributed by atoms with Crippen LogP contribution >= 0.6 is 0 Å². The Morgan fingerprint density at radius 3 is 2.10 bits per heavy atom. The van der Waals surface area contributed by atoms with Gasteiger partial charge in [-0.05, 0) is 37.6 Å². The predicted octanol–water partition coefficient (Wildman–Crippen LogP) is 1.53. The van der Waals surface area contributed by atoms with Gasteiger partial charge < -0.3 is 40.0 Å². The number of hydrogen-bond donors (Lipinski definition) is 3. The van der Waals surface area contributed by atoms with Crippen LogP contribution in [0.25, 0.3) is 0 Å². The maximum absolute atomic E-state index is 10.3. The van der Waals surface area contributed by atoms with Gasteiger partial charge in [0.15, 0.2) is 0 Å². The molecular formula is C22H39N3O6. The molecule has 0 aliphatic heterocycles. The normalized spacial score (nSPS) is 11.0. The van der Waals surface area contributed by atoms with Crippen molar-refractivity contribution in [3.8, 4) is 0 Å². The van der Waals surface area contributed by atoms with Gasteiger partial charge in [-0.25, -0.2) is 0 Å². The fraction of sp³-hybridized carbons (Fsp3) is 0.682. The Balaban J connectivity index is 1.88. The van der Waals surface area contributed by atoms with Crippen LogP contribution in [0.15, 0.2) is 18.2 Å². The predicted molar refractivity (Wildman–Crippen MR) is 122 cm³/mol. The third kappa shape index (κ3) is 13.9. The Morgan fingerprint density at radius 1 is 0.968 bits per heavy atom. The fourth-order valence-electron chi connectivity index (χ4n) is 2.73. The minimum Gasteiger partial charge on any atom is -0.481 e. The highest BCUT2D eigenvalue weighted by Crippen LogP contribution is 2.20. The highest BCUT2D eigenvalue weighted by Gasteiger charge is 2.05. The van der Waals surface area contributed by atoms with E-state index < -0.39 is 5.97 Å². The van der Waals surface area contributed by atoms with E-state index in [0.29, 0.717) is 65.9 Å². The summed E-state index contributed by atoms with van der Waals surface area (Å²) in [5, 5.41) is 11.5. The second kappa shape index (κ2) is 17.7. The molecule has 4 N–H and O–H groups in total. The Bertz CT molecular complexity index is 603. The molecule has 1 aromatic rings. The summed E-state index contributed by atoms with van der Waals surface area (Å²) in [6, 6.07) is 6.09. The van der Waals surface area contributed by atoms with Crippen LogP contribution in [0.2, 0.25) is 0 Å². The standard InChI is InChI=1S/C22H39N3O6/c1-3-25(20-4-5-21(23)19(2)18-20)9-11-29-13-15-31-17-16-30-14-12-28-10-8-24-7-6-22(26)27/h4-5,18,24H,3,6-17,23H2,1-2H3,(H,26,27). The molecule has 178 valence electrons. The number of ether oxygens (including phenoxy) is 4. The van der Waals surface area contributed by atoms with Crippen LogP contribution in [0.3, 0.4) is 0 Å². The van der Waals surface area contributed by atoms with Crippen LogP contribution in [0.4, 0.5) is 11.4 Å². The number of aryl methyl sites for hydroxylation is 1. The van der Waals surface area contributed by atoms with Gasteiger partial charge in [0.25, 0.3) is 0 Å². The number of hydrogen-bond acceptors (Lipinski definition) is 8. The lowest BCUT2D eigenvalue weighted by Crippen LogP contribution is -2.27. The quantitative estimate of drug-likeness (QED) is 0.205. The number of nitrogens with zero attached hydrogens (tertiary/aromatic N) is 1. The molecule has 0 saturated heterocycles. The Kier molecular flexibility index (Phi) is 15.5. The van der Waals surface area contributed by atoms with Gasteiger partial charge in [-0.3, -0.25) is 4.79 Å². The summed E-state index contributed by atoms with van der Waals surface area (Å²) in [5.41, 5.74) is 8.94. The number of aliphatic carboxylic acids is 1. The van der Waals surface area contributed by atoms with E-state index in [-0.39, 0.29) is 6.42 Å². The molecule has 0 aromatic heterocycles. The zero-order valence-electron chi connectivity index (χ0n) is 18.9. The molecule has 0 radical (unpaired) electrons. The molecule has 1 aromatic carbocycles. The summed E-state index contributed by atoms with van der Waals surface area (Å²) in [6.45, 7) is 11.3. The van der Waals surface area contributed by atoms with E-state index in [9.17, 15) is 4.79 Å². The highest BCUT2D eigenvalue weighted by molar-refractivity contribution is 5.66. The molecule has 9 heteroatoms. The van der Waals surface area contributed by atoms with Gasteiger partial charge in [-0.15, -0.1) is 0 Å². The van der Waals surface area contributed by atoms with Gasteiger partial charge >= 0.3 is 5.97 Å². The van der Waals surface area contributed by atoms with E-state index in [4.69, 9.17) is 29.8 Å². The van der Waals surface area contributed by atoms with Crippen LogP contribution in [-0.4, -0.2) is 90.1 Å². The van der Waals surface area contributed by atoms with Gasteiger partial charge in [-0.1, -0.05) is 0 Å². The third-order valence-corrected chi connectivity index (χ3v) is 4.56. The average Bonchev–Trinajstić information content (AvgIpc) is 2.75. The lowest BCUT2D eigenvalue weighted by molar-refractivity contribution is -0.136. The van der Waals surface area contributed by atoms with Gasteiger partial charge in [0, 0.05) is 37.6 Å². The molecule has 9 nitrogen and oxygen atoms in total. The number of nitrogens with two attached hydrogens (primary N) is 1. The molecule has 31 heavy (non-hydrogen) atoms. The Hall–Kier alpha value is -1.91. The lowest BCUT2D eigenvalue weighted by atomic mass is 10.1. The molecule has 0 aliphatic rings. The fourth-order valence-corrected chi connectivity index (χ4v) is 2.73. The van der Waals surface area contributed by atoms with Crippen molar-refractivity contribution in [2.45, 2.75) is 20.3 Å². The van der Waals surface area contributed by atoms with Crippen LogP contribution < -0.4 is 16.0 Å². The Labute approximate surface area is 185 Å². The average molecular weight is 442 g/mol. The zero-order valence-corrected chi connectivity index (χ0v) is 18.9. The SMILES string of the molecule is CCN(CCOCCOCCOCCOCCNCCC(=O)O)c1ccc(N)c(C)c1.